The number of nitrogens with zero attached hydrogens (tertiary/aromatic N) is 3. The number of nitrogens with one attached hydrogen (secondary N) is 2. The topological polar surface area (TPSA) is 122 Å². The number of carbonyl (C=O) groups excluding carboxylic acids is 1. The number of nitro groups is 1. The molecule has 0 saturated carbocycles. The Bertz CT molecular complexity index is 958. The lowest BCUT2D eigenvalue weighted by molar-refractivity contribution is -0.384. The Kier molecular flexibility index (Phi) is 5.14. The summed E-state index contributed by atoms with van der Waals surface area (Å²) in [5.74, 6) is -0.804. The summed E-state index contributed by atoms with van der Waals surface area (Å²) in [5.41, 5.74) is 2.27. The van der Waals surface area contributed by atoms with Gasteiger partial charge < -0.3 is 5.32 Å². The molecule has 3 rings (SSSR count). The standard InChI is InChI=1S/C16H12IN5O4/c17-10-2-4-11(5-3-10)19-13-9-15(22(25)26)14(21-7-1-6-18-21)8-12(13)16(23)20-24/h1-9,19,24H,(H,20,23). The number of benzene rings is 2. The third kappa shape index (κ3) is 3.65. The van der Waals surface area contributed by atoms with Gasteiger partial charge in [0.1, 0.15) is 5.69 Å². The molecule has 0 aliphatic carbocycles. The number of nitro benzene ring substituents is 1. The molecule has 0 fully saturated rings. The Labute approximate surface area is 160 Å². The molecule has 0 bridgehead atoms. The summed E-state index contributed by atoms with van der Waals surface area (Å²) in [4.78, 5) is 23.0. The Morgan fingerprint density at radius 3 is 2.58 bits per heavy atom. The Balaban J connectivity index is 2.15. The molecular formula is C16H12IN5O4. The highest BCUT2D eigenvalue weighted by Crippen LogP contribution is 2.32. The van der Waals surface area contributed by atoms with Crippen LogP contribution in [0.2, 0.25) is 0 Å². The molecule has 3 aromatic rings. The number of hydroxylamine groups is 1. The second-order valence-electron chi connectivity index (χ2n) is 5.17. The summed E-state index contributed by atoms with van der Waals surface area (Å²) in [6, 6.07) is 11.4. The minimum absolute atomic E-state index is 0.0298. The average Bonchev–Trinajstić information content (AvgIpc) is 3.17. The van der Waals surface area contributed by atoms with Gasteiger partial charge in [-0.1, -0.05) is 0 Å². The first kappa shape index (κ1) is 17.8. The number of anilines is 2. The number of hydrogen-bond donors (Lipinski definition) is 3. The van der Waals surface area contributed by atoms with Gasteiger partial charge in [-0.05, 0) is 59.0 Å². The molecule has 0 aliphatic heterocycles. The van der Waals surface area contributed by atoms with Crippen LogP contribution < -0.4 is 10.8 Å². The van der Waals surface area contributed by atoms with E-state index in [1.807, 2.05) is 12.1 Å². The highest BCUT2D eigenvalue weighted by molar-refractivity contribution is 14.1. The second-order valence-corrected chi connectivity index (χ2v) is 6.41. The maximum Gasteiger partial charge on any atom is 0.296 e. The number of halogens is 1. The highest BCUT2D eigenvalue weighted by atomic mass is 127. The van der Waals surface area contributed by atoms with Gasteiger partial charge in [-0.2, -0.15) is 5.10 Å². The molecule has 0 saturated heterocycles. The van der Waals surface area contributed by atoms with Gasteiger partial charge >= 0.3 is 0 Å². The second kappa shape index (κ2) is 7.49. The van der Waals surface area contributed by atoms with Crippen LogP contribution in [0.4, 0.5) is 17.1 Å². The van der Waals surface area contributed by atoms with Gasteiger partial charge in [0.05, 0.1) is 16.2 Å². The molecule has 10 heteroatoms. The van der Waals surface area contributed by atoms with Gasteiger partial charge in [-0.15, -0.1) is 0 Å². The van der Waals surface area contributed by atoms with E-state index in [-0.39, 0.29) is 22.6 Å². The van der Waals surface area contributed by atoms with E-state index >= 15 is 0 Å². The van der Waals surface area contributed by atoms with Crippen molar-refractivity contribution in [1.82, 2.24) is 15.3 Å². The maximum atomic E-state index is 12.1. The molecule has 26 heavy (non-hydrogen) atoms. The molecule has 2 aromatic carbocycles. The van der Waals surface area contributed by atoms with Crippen molar-refractivity contribution in [3.8, 4) is 5.69 Å². The first-order chi connectivity index (χ1) is 12.5. The van der Waals surface area contributed by atoms with E-state index in [1.165, 1.54) is 29.2 Å². The Morgan fingerprint density at radius 2 is 2.00 bits per heavy atom. The number of amides is 1. The number of rotatable bonds is 5. The van der Waals surface area contributed by atoms with E-state index in [4.69, 9.17) is 5.21 Å². The average molecular weight is 465 g/mol. The quantitative estimate of drug-likeness (QED) is 0.230. The zero-order valence-corrected chi connectivity index (χ0v) is 15.2. The van der Waals surface area contributed by atoms with Crippen LogP contribution in [0.3, 0.4) is 0 Å². The van der Waals surface area contributed by atoms with E-state index < -0.39 is 10.8 Å². The minimum Gasteiger partial charge on any atom is -0.355 e. The molecule has 1 aromatic heterocycles. The van der Waals surface area contributed by atoms with Crippen LogP contribution in [0, 0.1) is 13.7 Å². The summed E-state index contributed by atoms with van der Waals surface area (Å²) in [6.45, 7) is 0. The molecule has 0 aliphatic rings. The third-order valence-electron chi connectivity index (χ3n) is 3.53. The Hall–Kier alpha value is -2.99. The minimum atomic E-state index is -0.804. The van der Waals surface area contributed by atoms with Crippen molar-refractivity contribution in [2.24, 2.45) is 0 Å². The lowest BCUT2D eigenvalue weighted by Crippen LogP contribution is -2.20. The van der Waals surface area contributed by atoms with Crippen molar-refractivity contribution in [2.45, 2.75) is 0 Å². The van der Waals surface area contributed by atoms with Crippen LogP contribution >= 0.6 is 22.6 Å². The molecule has 0 radical (unpaired) electrons. The summed E-state index contributed by atoms with van der Waals surface area (Å²) in [7, 11) is 0. The molecule has 1 amide bonds. The van der Waals surface area contributed by atoms with Crippen molar-refractivity contribution in [3.05, 3.63) is 74.1 Å². The van der Waals surface area contributed by atoms with Crippen LogP contribution in [0.5, 0.6) is 0 Å². The Morgan fingerprint density at radius 1 is 1.27 bits per heavy atom. The fourth-order valence-corrected chi connectivity index (χ4v) is 2.72. The molecule has 0 spiro atoms. The van der Waals surface area contributed by atoms with Crippen molar-refractivity contribution >= 4 is 45.6 Å². The molecule has 132 valence electrons. The monoisotopic (exact) mass is 465 g/mol. The molecule has 0 unspecified atom stereocenters. The van der Waals surface area contributed by atoms with Gasteiger partial charge in [0.15, 0.2) is 0 Å². The molecule has 0 atom stereocenters. The highest BCUT2D eigenvalue weighted by Gasteiger charge is 2.23. The van der Waals surface area contributed by atoms with Crippen LogP contribution in [-0.4, -0.2) is 25.8 Å². The van der Waals surface area contributed by atoms with Gasteiger partial charge in [0, 0.05) is 27.7 Å². The normalized spacial score (nSPS) is 10.4. The van der Waals surface area contributed by atoms with Crippen LogP contribution in [0.25, 0.3) is 5.69 Å². The summed E-state index contributed by atoms with van der Waals surface area (Å²) < 4.78 is 2.29. The summed E-state index contributed by atoms with van der Waals surface area (Å²) in [5, 5.41) is 27.5. The first-order valence-corrected chi connectivity index (χ1v) is 8.37. The van der Waals surface area contributed by atoms with Crippen LogP contribution in [0.15, 0.2) is 54.9 Å². The summed E-state index contributed by atoms with van der Waals surface area (Å²) >= 11 is 2.15. The zero-order chi connectivity index (χ0) is 18.7. The maximum absolute atomic E-state index is 12.1. The number of hydrogen-bond acceptors (Lipinski definition) is 6. The smallest absolute Gasteiger partial charge is 0.296 e. The third-order valence-corrected chi connectivity index (χ3v) is 4.25. The lowest BCUT2D eigenvalue weighted by atomic mass is 10.1. The van der Waals surface area contributed by atoms with Crippen molar-refractivity contribution < 1.29 is 14.9 Å². The number of carbonyl (C=O) groups is 1. The molecular weight excluding hydrogens is 453 g/mol. The van der Waals surface area contributed by atoms with Gasteiger partial charge in [0.2, 0.25) is 0 Å². The predicted molar refractivity (Wildman–Crippen MR) is 102 cm³/mol. The van der Waals surface area contributed by atoms with Gasteiger partial charge in [-0.3, -0.25) is 20.1 Å². The molecule has 1 heterocycles. The fourth-order valence-electron chi connectivity index (χ4n) is 2.36. The van der Waals surface area contributed by atoms with Crippen molar-refractivity contribution in [2.75, 3.05) is 5.32 Å². The van der Waals surface area contributed by atoms with Gasteiger partial charge in [0.25, 0.3) is 11.6 Å². The van der Waals surface area contributed by atoms with E-state index in [0.717, 1.165) is 3.57 Å². The van der Waals surface area contributed by atoms with E-state index in [0.29, 0.717) is 5.69 Å². The molecule has 9 nitrogen and oxygen atoms in total. The molecule has 3 N–H and O–H groups in total. The van der Waals surface area contributed by atoms with E-state index in [1.54, 1.807) is 23.7 Å². The largest absolute Gasteiger partial charge is 0.355 e. The fraction of sp³-hybridized carbons (Fsp3) is 0. The van der Waals surface area contributed by atoms with Crippen molar-refractivity contribution in [1.29, 1.82) is 0 Å². The lowest BCUT2D eigenvalue weighted by Gasteiger charge is -2.13. The predicted octanol–water partition coefficient (Wildman–Crippen LogP) is 3.25. The van der Waals surface area contributed by atoms with E-state index in [9.17, 15) is 14.9 Å². The van der Waals surface area contributed by atoms with Gasteiger partial charge in [-0.25, -0.2) is 10.2 Å². The SMILES string of the molecule is O=C(NO)c1cc(-n2cccn2)c([N+](=O)[O-])cc1Nc1ccc(I)cc1. The number of aromatic nitrogens is 2. The summed E-state index contributed by atoms with van der Waals surface area (Å²) in [6.07, 6.45) is 2.99. The first-order valence-electron chi connectivity index (χ1n) is 7.29. The zero-order valence-electron chi connectivity index (χ0n) is 13.1. The van der Waals surface area contributed by atoms with E-state index in [2.05, 4.69) is 33.0 Å². The van der Waals surface area contributed by atoms with Crippen molar-refractivity contribution in [3.63, 3.8) is 0 Å². The van der Waals surface area contributed by atoms with Crippen LogP contribution in [-0.2, 0) is 0 Å². The van der Waals surface area contributed by atoms with Crippen LogP contribution in [0.1, 0.15) is 10.4 Å².